The molecule has 0 aromatic heterocycles. The Balaban J connectivity index is 2.34. The van der Waals surface area contributed by atoms with Gasteiger partial charge in [0.15, 0.2) is 0 Å². The van der Waals surface area contributed by atoms with Gasteiger partial charge in [0, 0.05) is 12.1 Å². The Labute approximate surface area is 131 Å². The number of rotatable bonds is 4. The van der Waals surface area contributed by atoms with Crippen molar-refractivity contribution in [3.05, 3.63) is 29.3 Å². The number of aryl methyl sites for hydroxylation is 1. The molecule has 1 saturated heterocycles. The summed E-state index contributed by atoms with van der Waals surface area (Å²) in [6.45, 7) is 4.63. The molecule has 0 amide bonds. The van der Waals surface area contributed by atoms with E-state index in [2.05, 4.69) is 10.0 Å². The summed E-state index contributed by atoms with van der Waals surface area (Å²) in [6, 6.07) is 4.51. The van der Waals surface area contributed by atoms with Gasteiger partial charge in [0.25, 0.3) is 0 Å². The first-order valence-electron chi connectivity index (χ1n) is 7.30. The molecule has 122 valence electrons. The lowest BCUT2D eigenvalue weighted by Gasteiger charge is -2.30. The highest BCUT2D eigenvalue weighted by Crippen LogP contribution is 2.20. The Hall–Kier alpha value is -1.44. The summed E-state index contributed by atoms with van der Waals surface area (Å²) < 4.78 is 32.7. The van der Waals surface area contributed by atoms with Crippen LogP contribution in [-0.2, 0) is 14.8 Å². The number of nitrogens with one attached hydrogen (secondary N) is 2. The zero-order chi connectivity index (χ0) is 16.3. The maximum atomic E-state index is 12.7. The fourth-order valence-corrected chi connectivity index (χ4v) is 4.14. The summed E-state index contributed by atoms with van der Waals surface area (Å²) >= 11 is 0. The van der Waals surface area contributed by atoms with Gasteiger partial charge in [-0.3, -0.25) is 0 Å². The summed E-state index contributed by atoms with van der Waals surface area (Å²) in [6.07, 6.45) is 1.68. The average molecular weight is 326 g/mol. The van der Waals surface area contributed by atoms with Gasteiger partial charge in [0.05, 0.1) is 17.6 Å². The third-order valence-corrected chi connectivity index (χ3v) is 5.45. The van der Waals surface area contributed by atoms with Gasteiger partial charge in [-0.25, -0.2) is 17.9 Å². The molecule has 6 nitrogen and oxygen atoms in total. The topological polar surface area (TPSA) is 84.5 Å². The second kappa shape index (κ2) is 6.76. The number of ether oxygens (including phenoxy) is 1. The second-order valence-corrected chi connectivity index (χ2v) is 7.29. The van der Waals surface area contributed by atoms with Crippen molar-refractivity contribution >= 4 is 16.0 Å². The van der Waals surface area contributed by atoms with Crippen LogP contribution in [0.4, 0.5) is 0 Å². The molecule has 0 saturated carbocycles. The first kappa shape index (κ1) is 16.9. The Kier molecular flexibility index (Phi) is 5.20. The highest BCUT2D eigenvalue weighted by molar-refractivity contribution is 7.89. The Morgan fingerprint density at radius 3 is 2.77 bits per heavy atom. The van der Waals surface area contributed by atoms with Crippen LogP contribution < -0.4 is 10.0 Å². The summed E-state index contributed by atoms with van der Waals surface area (Å²) in [5, 5.41) is 3.25. The highest BCUT2D eigenvalue weighted by Gasteiger charge is 2.29. The highest BCUT2D eigenvalue weighted by atomic mass is 32.2. The van der Waals surface area contributed by atoms with Gasteiger partial charge < -0.3 is 10.1 Å². The van der Waals surface area contributed by atoms with E-state index in [-0.39, 0.29) is 22.5 Å². The molecule has 0 bridgehead atoms. The van der Waals surface area contributed by atoms with E-state index >= 15 is 0 Å². The van der Waals surface area contributed by atoms with Crippen LogP contribution in [0.2, 0.25) is 0 Å². The smallest absolute Gasteiger partial charge is 0.339 e. The molecule has 1 aromatic rings. The van der Waals surface area contributed by atoms with Crippen molar-refractivity contribution in [2.24, 2.45) is 0 Å². The lowest BCUT2D eigenvalue weighted by Crippen LogP contribution is -2.51. The van der Waals surface area contributed by atoms with Crippen LogP contribution in [-0.4, -0.2) is 40.1 Å². The molecule has 2 rings (SSSR count). The molecule has 7 heteroatoms. The zero-order valence-corrected chi connectivity index (χ0v) is 13.9. The van der Waals surface area contributed by atoms with Gasteiger partial charge >= 0.3 is 5.97 Å². The van der Waals surface area contributed by atoms with E-state index in [0.717, 1.165) is 24.9 Å². The number of sulfonamides is 1. The van der Waals surface area contributed by atoms with Gasteiger partial charge in [-0.1, -0.05) is 11.6 Å². The van der Waals surface area contributed by atoms with Gasteiger partial charge in [-0.05, 0) is 45.4 Å². The van der Waals surface area contributed by atoms with Crippen LogP contribution in [0.3, 0.4) is 0 Å². The van der Waals surface area contributed by atoms with E-state index in [1.165, 1.54) is 19.2 Å². The second-order valence-electron chi connectivity index (χ2n) is 5.60. The van der Waals surface area contributed by atoms with Crippen molar-refractivity contribution in [1.29, 1.82) is 0 Å². The van der Waals surface area contributed by atoms with Crippen LogP contribution in [0.1, 0.15) is 35.7 Å². The molecule has 1 aliphatic heterocycles. The molecular formula is C15H22N2O4S. The molecule has 2 unspecified atom stereocenters. The average Bonchev–Trinajstić information content (AvgIpc) is 2.48. The van der Waals surface area contributed by atoms with Crippen LogP contribution in [0.15, 0.2) is 23.1 Å². The lowest BCUT2D eigenvalue weighted by molar-refractivity contribution is 0.0596. The first-order valence-corrected chi connectivity index (χ1v) is 8.78. The quantitative estimate of drug-likeness (QED) is 0.812. The number of hydrogen-bond acceptors (Lipinski definition) is 5. The molecular weight excluding hydrogens is 304 g/mol. The molecule has 0 aliphatic carbocycles. The maximum absolute atomic E-state index is 12.7. The molecule has 2 N–H and O–H groups in total. The molecule has 1 heterocycles. The van der Waals surface area contributed by atoms with Gasteiger partial charge in [-0.2, -0.15) is 0 Å². The third kappa shape index (κ3) is 3.66. The minimum Gasteiger partial charge on any atom is -0.465 e. The zero-order valence-electron chi connectivity index (χ0n) is 13.0. The number of carbonyl (C=O) groups is 1. The molecule has 22 heavy (non-hydrogen) atoms. The van der Waals surface area contributed by atoms with Crippen LogP contribution in [0.25, 0.3) is 0 Å². The number of methoxy groups -OCH3 is 1. The summed E-state index contributed by atoms with van der Waals surface area (Å²) in [5.41, 5.74) is 0.860. The monoisotopic (exact) mass is 326 g/mol. The number of esters is 1. The molecule has 0 spiro atoms. The number of hydrogen-bond donors (Lipinski definition) is 2. The fourth-order valence-electron chi connectivity index (χ4n) is 2.62. The molecule has 1 aliphatic rings. The third-order valence-electron chi connectivity index (χ3n) is 3.90. The van der Waals surface area contributed by atoms with Gasteiger partial charge in [0.1, 0.15) is 0 Å². The fraction of sp³-hybridized carbons (Fsp3) is 0.533. The predicted octanol–water partition coefficient (Wildman–Crippen LogP) is 1.20. The van der Waals surface area contributed by atoms with Crippen molar-refractivity contribution < 1.29 is 17.9 Å². The summed E-state index contributed by atoms with van der Waals surface area (Å²) in [5.74, 6) is -0.654. The molecule has 1 fully saturated rings. The van der Waals surface area contributed by atoms with Crippen molar-refractivity contribution in [1.82, 2.24) is 10.0 Å². The molecule has 1 aromatic carbocycles. The van der Waals surface area contributed by atoms with Gasteiger partial charge in [-0.15, -0.1) is 0 Å². The number of piperidine rings is 1. The number of carbonyl (C=O) groups excluding carboxylic acids is 1. The minimum absolute atomic E-state index is 0.0391. The standard InChI is InChI=1S/C15H22N2O4S/c1-10-6-7-14(12(9-10)15(18)21-3)22(19,20)17-13-5-4-8-16-11(13)2/h6-7,9,11,13,16-17H,4-5,8H2,1-3H3. The van der Waals surface area contributed by atoms with E-state index in [1.807, 2.05) is 6.92 Å². The van der Waals surface area contributed by atoms with E-state index < -0.39 is 16.0 Å². The van der Waals surface area contributed by atoms with E-state index in [0.29, 0.717) is 0 Å². The Bertz CT molecular complexity index is 658. The Morgan fingerprint density at radius 2 is 2.14 bits per heavy atom. The van der Waals surface area contributed by atoms with E-state index in [9.17, 15) is 13.2 Å². The molecule has 2 atom stereocenters. The SMILES string of the molecule is COC(=O)c1cc(C)ccc1S(=O)(=O)NC1CCCNC1C. The summed E-state index contributed by atoms with van der Waals surface area (Å²) in [7, 11) is -2.55. The van der Waals surface area contributed by atoms with Gasteiger partial charge in [0.2, 0.25) is 10.0 Å². The normalized spacial score (nSPS) is 22.3. The maximum Gasteiger partial charge on any atom is 0.339 e. The van der Waals surface area contributed by atoms with Crippen molar-refractivity contribution in [2.45, 2.75) is 43.7 Å². The van der Waals surface area contributed by atoms with Crippen molar-refractivity contribution in [3.63, 3.8) is 0 Å². The van der Waals surface area contributed by atoms with Crippen LogP contribution >= 0.6 is 0 Å². The largest absolute Gasteiger partial charge is 0.465 e. The van der Waals surface area contributed by atoms with Crippen molar-refractivity contribution in [2.75, 3.05) is 13.7 Å². The summed E-state index contributed by atoms with van der Waals surface area (Å²) in [4.78, 5) is 11.8. The predicted molar refractivity (Wildman–Crippen MR) is 83.3 cm³/mol. The molecule has 0 radical (unpaired) electrons. The van der Waals surface area contributed by atoms with E-state index in [1.54, 1.807) is 13.0 Å². The van der Waals surface area contributed by atoms with E-state index in [4.69, 9.17) is 4.74 Å². The Morgan fingerprint density at radius 1 is 1.41 bits per heavy atom. The van der Waals surface area contributed by atoms with Crippen LogP contribution in [0.5, 0.6) is 0 Å². The van der Waals surface area contributed by atoms with Crippen LogP contribution in [0, 0.1) is 6.92 Å². The minimum atomic E-state index is -3.79. The number of benzene rings is 1. The van der Waals surface area contributed by atoms with Crippen molar-refractivity contribution in [3.8, 4) is 0 Å². The lowest BCUT2D eigenvalue weighted by atomic mass is 10.0. The first-order chi connectivity index (χ1) is 10.3.